The predicted octanol–water partition coefficient (Wildman–Crippen LogP) is 2.04. The third-order valence-electron chi connectivity index (χ3n) is 3.82. The van der Waals surface area contributed by atoms with Gasteiger partial charge in [-0.2, -0.15) is 0 Å². The van der Waals surface area contributed by atoms with Gasteiger partial charge in [-0.3, -0.25) is 0 Å². The lowest BCUT2D eigenvalue weighted by atomic mass is 9.85. The Hall–Kier alpha value is -1.36. The zero-order chi connectivity index (χ0) is 13.7. The Balaban J connectivity index is 2.12. The van der Waals surface area contributed by atoms with Crippen LogP contribution < -0.4 is 10.6 Å². The van der Waals surface area contributed by atoms with E-state index in [1.54, 1.807) is 0 Å². The van der Waals surface area contributed by atoms with Gasteiger partial charge in [0.15, 0.2) is 0 Å². The largest absolute Gasteiger partial charge is 0.396 e. The first-order valence-corrected chi connectivity index (χ1v) is 7.20. The highest BCUT2D eigenvalue weighted by Gasteiger charge is 2.24. The molecule has 1 saturated carbocycles. The Morgan fingerprint density at radius 1 is 1.26 bits per heavy atom. The SMILES string of the molecule is CCc1nc(NC)cc(NC2CCCCC2CO)n1. The maximum atomic E-state index is 9.46. The summed E-state index contributed by atoms with van der Waals surface area (Å²) < 4.78 is 0. The van der Waals surface area contributed by atoms with E-state index in [1.807, 2.05) is 13.1 Å². The third kappa shape index (κ3) is 3.56. The van der Waals surface area contributed by atoms with Gasteiger partial charge in [0.1, 0.15) is 17.5 Å². The van der Waals surface area contributed by atoms with E-state index >= 15 is 0 Å². The summed E-state index contributed by atoms with van der Waals surface area (Å²) in [5, 5.41) is 16.0. The Morgan fingerprint density at radius 3 is 2.68 bits per heavy atom. The summed E-state index contributed by atoms with van der Waals surface area (Å²) >= 11 is 0. The Labute approximate surface area is 114 Å². The van der Waals surface area contributed by atoms with Crippen molar-refractivity contribution in [1.82, 2.24) is 9.97 Å². The third-order valence-corrected chi connectivity index (χ3v) is 3.82. The van der Waals surface area contributed by atoms with Gasteiger partial charge in [-0.25, -0.2) is 9.97 Å². The van der Waals surface area contributed by atoms with Gasteiger partial charge >= 0.3 is 0 Å². The van der Waals surface area contributed by atoms with Crippen LogP contribution in [-0.2, 0) is 6.42 Å². The number of aryl methyl sites for hydroxylation is 1. The molecule has 1 aliphatic carbocycles. The second-order valence-electron chi connectivity index (χ2n) is 5.14. The maximum absolute atomic E-state index is 9.46. The van der Waals surface area contributed by atoms with E-state index in [4.69, 9.17) is 0 Å². The van der Waals surface area contributed by atoms with Crippen molar-refractivity contribution in [2.45, 2.75) is 45.1 Å². The average Bonchev–Trinajstić information content (AvgIpc) is 2.47. The molecule has 0 saturated heterocycles. The molecule has 2 unspecified atom stereocenters. The lowest BCUT2D eigenvalue weighted by Crippen LogP contribution is -2.34. The van der Waals surface area contributed by atoms with Crippen LogP contribution in [0, 0.1) is 5.92 Å². The number of hydrogen-bond donors (Lipinski definition) is 3. The van der Waals surface area contributed by atoms with Gasteiger partial charge in [0.2, 0.25) is 0 Å². The number of aliphatic hydroxyl groups excluding tert-OH is 1. The van der Waals surface area contributed by atoms with E-state index in [0.717, 1.165) is 36.7 Å². The molecule has 1 fully saturated rings. The molecule has 0 amide bonds. The normalized spacial score (nSPS) is 23.1. The molecule has 1 aromatic heterocycles. The zero-order valence-corrected chi connectivity index (χ0v) is 11.8. The van der Waals surface area contributed by atoms with E-state index in [-0.39, 0.29) is 6.61 Å². The van der Waals surface area contributed by atoms with E-state index < -0.39 is 0 Å². The highest BCUT2D eigenvalue weighted by molar-refractivity contribution is 5.47. The molecular formula is C14H24N4O. The molecule has 19 heavy (non-hydrogen) atoms. The van der Waals surface area contributed by atoms with Crippen molar-refractivity contribution in [3.63, 3.8) is 0 Å². The van der Waals surface area contributed by atoms with Crippen LogP contribution >= 0.6 is 0 Å². The predicted molar refractivity (Wildman–Crippen MR) is 77.4 cm³/mol. The van der Waals surface area contributed by atoms with Crippen LogP contribution in [0.15, 0.2) is 6.07 Å². The van der Waals surface area contributed by atoms with Crippen LogP contribution in [-0.4, -0.2) is 34.8 Å². The summed E-state index contributed by atoms with van der Waals surface area (Å²) in [6.45, 7) is 2.30. The fraction of sp³-hybridized carbons (Fsp3) is 0.714. The molecule has 0 bridgehead atoms. The number of aromatic nitrogens is 2. The fourth-order valence-corrected chi connectivity index (χ4v) is 2.66. The monoisotopic (exact) mass is 264 g/mol. The smallest absolute Gasteiger partial charge is 0.132 e. The van der Waals surface area contributed by atoms with Crippen LogP contribution in [0.2, 0.25) is 0 Å². The molecule has 5 nitrogen and oxygen atoms in total. The minimum Gasteiger partial charge on any atom is -0.396 e. The molecule has 106 valence electrons. The second kappa shape index (κ2) is 6.70. The first-order valence-electron chi connectivity index (χ1n) is 7.20. The maximum Gasteiger partial charge on any atom is 0.132 e. The summed E-state index contributed by atoms with van der Waals surface area (Å²) in [5.41, 5.74) is 0. The quantitative estimate of drug-likeness (QED) is 0.759. The highest BCUT2D eigenvalue weighted by atomic mass is 16.3. The number of hydrogen-bond acceptors (Lipinski definition) is 5. The van der Waals surface area contributed by atoms with E-state index in [0.29, 0.717) is 12.0 Å². The molecule has 3 N–H and O–H groups in total. The number of aliphatic hydroxyl groups is 1. The van der Waals surface area contributed by atoms with Gasteiger partial charge in [0.05, 0.1) is 0 Å². The van der Waals surface area contributed by atoms with Crippen molar-refractivity contribution in [3.05, 3.63) is 11.9 Å². The van der Waals surface area contributed by atoms with Crippen LogP contribution in [0.25, 0.3) is 0 Å². The van der Waals surface area contributed by atoms with Crippen LogP contribution in [0.3, 0.4) is 0 Å². The van der Waals surface area contributed by atoms with Gasteiger partial charge in [0.25, 0.3) is 0 Å². The molecular weight excluding hydrogens is 240 g/mol. The average molecular weight is 264 g/mol. The summed E-state index contributed by atoms with van der Waals surface area (Å²) in [6.07, 6.45) is 5.45. The van der Waals surface area contributed by atoms with Crippen molar-refractivity contribution in [2.75, 3.05) is 24.3 Å². The number of anilines is 2. The number of nitrogens with one attached hydrogen (secondary N) is 2. The number of rotatable bonds is 5. The minimum absolute atomic E-state index is 0.252. The van der Waals surface area contributed by atoms with Crippen molar-refractivity contribution in [3.8, 4) is 0 Å². The van der Waals surface area contributed by atoms with Crippen molar-refractivity contribution < 1.29 is 5.11 Å². The van der Waals surface area contributed by atoms with Crippen molar-refractivity contribution in [1.29, 1.82) is 0 Å². The van der Waals surface area contributed by atoms with Crippen LogP contribution in [0.5, 0.6) is 0 Å². The molecule has 0 aromatic carbocycles. The topological polar surface area (TPSA) is 70.1 Å². The fourth-order valence-electron chi connectivity index (χ4n) is 2.66. The first kappa shape index (κ1) is 14.1. The van der Waals surface area contributed by atoms with E-state index in [1.165, 1.54) is 12.8 Å². The molecule has 1 aliphatic rings. The molecule has 0 aliphatic heterocycles. The van der Waals surface area contributed by atoms with Gasteiger partial charge in [0, 0.05) is 38.1 Å². The summed E-state index contributed by atoms with van der Waals surface area (Å²) in [5.74, 6) is 2.88. The Bertz CT molecular complexity index is 388. The first-order chi connectivity index (χ1) is 9.26. The zero-order valence-electron chi connectivity index (χ0n) is 11.8. The molecule has 0 spiro atoms. The summed E-state index contributed by atoms with van der Waals surface area (Å²) in [6, 6.07) is 2.26. The van der Waals surface area contributed by atoms with Gasteiger partial charge < -0.3 is 15.7 Å². The van der Waals surface area contributed by atoms with Crippen LogP contribution in [0.1, 0.15) is 38.4 Å². The number of nitrogens with zero attached hydrogens (tertiary/aromatic N) is 2. The van der Waals surface area contributed by atoms with E-state index in [2.05, 4.69) is 27.5 Å². The molecule has 1 heterocycles. The van der Waals surface area contributed by atoms with Gasteiger partial charge in [-0.15, -0.1) is 0 Å². The van der Waals surface area contributed by atoms with Gasteiger partial charge in [-0.1, -0.05) is 19.8 Å². The summed E-state index contributed by atoms with van der Waals surface area (Å²) in [4.78, 5) is 8.91. The lowest BCUT2D eigenvalue weighted by molar-refractivity contribution is 0.178. The summed E-state index contributed by atoms with van der Waals surface area (Å²) in [7, 11) is 1.86. The molecule has 5 heteroatoms. The van der Waals surface area contributed by atoms with Crippen molar-refractivity contribution >= 4 is 11.6 Å². The molecule has 0 radical (unpaired) electrons. The minimum atomic E-state index is 0.252. The standard InChI is InChI=1S/C14H24N4O/c1-3-12-17-13(15-2)8-14(18-12)16-11-7-5-4-6-10(11)9-19/h8,10-11,19H,3-7,9H2,1-2H3,(H2,15,16,17,18). The Kier molecular flexibility index (Phi) is 4.96. The van der Waals surface area contributed by atoms with Crippen LogP contribution in [0.4, 0.5) is 11.6 Å². The Morgan fingerprint density at radius 2 is 2.00 bits per heavy atom. The lowest BCUT2D eigenvalue weighted by Gasteiger charge is -2.31. The van der Waals surface area contributed by atoms with Gasteiger partial charge in [-0.05, 0) is 12.8 Å². The molecule has 2 atom stereocenters. The van der Waals surface area contributed by atoms with E-state index in [9.17, 15) is 5.11 Å². The van der Waals surface area contributed by atoms with Crippen molar-refractivity contribution in [2.24, 2.45) is 5.92 Å². The molecule has 1 aromatic rings. The highest BCUT2D eigenvalue weighted by Crippen LogP contribution is 2.27. The second-order valence-corrected chi connectivity index (χ2v) is 5.14. The molecule has 2 rings (SSSR count).